The van der Waals surface area contributed by atoms with E-state index in [0.717, 1.165) is 5.56 Å². The largest absolute Gasteiger partial charge is 0.303 e. The molecule has 2 unspecified atom stereocenters. The van der Waals surface area contributed by atoms with Crippen molar-refractivity contribution in [3.63, 3.8) is 0 Å². The summed E-state index contributed by atoms with van der Waals surface area (Å²) < 4.78 is 28.0. The van der Waals surface area contributed by atoms with Crippen LogP contribution in [-0.2, 0) is 0 Å². The number of hydrogen-bond donors (Lipinski definition) is 1. The summed E-state index contributed by atoms with van der Waals surface area (Å²) in [6.07, 6.45) is 0. The van der Waals surface area contributed by atoms with Crippen molar-refractivity contribution in [2.45, 2.75) is 25.9 Å². The highest BCUT2D eigenvalue weighted by atomic mass is 35.5. The molecule has 1 aromatic heterocycles. The van der Waals surface area contributed by atoms with E-state index in [1.807, 2.05) is 18.4 Å². The monoisotopic (exact) mass is 301 g/mol. The van der Waals surface area contributed by atoms with Crippen LogP contribution in [0.3, 0.4) is 0 Å². The molecule has 5 heteroatoms. The van der Waals surface area contributed by atoms with Crippen molar-refractivity contribution in [3.8, 4) is 0 Å². The number of benzene rings is 1. The van der Waals surface area contributed by atoms with Gasteiger partial charge in [-0.1, -0.05) is 17.7 Å². The molecular weight excluding hydrogens is 288 g/mol. The van der Waals surface area contributed by atoms with Gasteiger partial charge in [0.15, 0.2) is 0 Å². The van der Waals surface area contributed by atoms with E-state index in [2.05, 4.69) is 5.32 Å². The van der Waals surface area contributed by atoms with E-state index in [0.29, 0.717) is 4.34 Å². The van der Waals surface area contributed by atoms with Crippen molar-refractivity contribution in [3.05, 3.63) is 56.7 Å². The zero-order chi connectivity index (χ0) is 14.0. The van der Waals surface area contributed by atoms with E-state index in [1.165, 1.54) is 29.5 Å². The maximum absolute atomic E-state index is 13.7. The van der Waals surface area contributed by atoms with E-state index in [1.54, 1.807) is 6.92 Å². The highest BCUT2D eigenvalue weighted by Crippen LogP contribution is 2.28. The Hall–Kier alpha value is -0.970. The van der Waals surface area contributed by atoms with E-state index >= 15 is 0 Å². The topological polar surface area (TPSA) is 12.0 Å². The molecular formula is C14H14ClF2NS. The standard InChI is InChI=1S/C14H14ClF2NS/c1-8(10-6-13(15)19-7-10)18-9(2)14-11(16)4-3-5-12(14)17/h3-9,18H,1-2H3. The van der Waals surface area contributed by atoms with Crippen LogP contribution in [0.4, 0.5) is 8.78 Å². The zero-order valence-electron chi connectivity index (χ0n) is 10.6. The highest BCUT2D eigenvalue weighted by Gasteiger charge is 2.18. The molecule has 0 saturated heterocycles. The van der Waals surface area contributed by atoms with Crippen molar-refractivity contribution < 1.29 is 8.78 Å². The summed E-state index contributed by atoms with van der Waals surface area (Å²) in [4.78, 5) is 0. The van der Waals surface area contributed by atoms with Crippen molar-refractivity contribution in [1.82, 2.24) is 5.32 Å². The summed E-state index contributed by atoms with van der Waals surface area (Å²) in [5.41, 5.74) is 1.08. The zero-order valence-corrected chi connectivity index (χ0v) is 12.2. The van der Waals surface area contributed by atoms with E-state index in [-0.39, 0.29) is 11.6 Å². The highest BCUT2D eigenvalue weighted by molar-refractivity contribution is 7.14. The van der Waals surface area contributed by atoms with Crippen LogP contribution in [0.1, 0.15) is 37.1 Å². The lowest BCUT2D eigenvalue weighted by atomic mass is 10.0. The first kappa shape index (κ1) is 14.4. The van der Waals surface area contributed by atoms with Crippen LogP contribution in [0.5, 0.6) is 0 Å². The van der Waals surface area contributed by atoms with Gasteiger partial charge in [-0.25, -0.2) is 8.78 Å². The molecule has 0 aliphatic carbocycles. The lowest BCUT2D eigenvalue weighted by molar-refractivity contribution is 0.450. The molecule has 2 aromatic rings. The molecule has 0 bridgehead atoms. The van der Waals surface area contributed by atoms with E-state index < -0.39 is 17.7 Å². The Bertz CT molecular complexity index is 550. The minimum atomic E-state index is -0.532. The molecule has 0 radical (unpaired) electrons. The Balaban J connectivity index is 2.15. The second-order valence-corrected chi connectivity index (χ2v) is 5.97. The lowest BCUT2D eigenvalue weighted by Gasteiger charge is -2.20. The summed E-state index contributed by atoms with van der Waals surface area (Å²) in [6, 6.07) is 5.30. The van der Waals surface area contributed by atoms with E-state index in [9.17, 15) is 8.78 Å². The Morgan fingerprint density at radius 1 is 1.16 bits per heavy atom. The molecule has 2 atom stereocenters. The minimum Gasteiger partial charge on any atom is -0.303 e. The second kappa shape index (κ2) is 5.99. The number of nitrogens with one attached hydrogen (secondary N) is 1. The van der Waals surface area contributed by atoms with Crippen LogP contribution in [0.25, 0.3) is 0 Å². The molecule has 0 fully saturated rings. The molecule has 0 spiro atoms. The maximum atomic E-state index is 13.7. The van der Waals surface area contributed by atoms with Gasteiger partial charge >= 0.3 is 0 Å². The third kappa shape index (κ3) is 3.32. The molecule has 0 aliphatic heterocycles. The Morgan fingerprint density at radius 2 is 1.79 bits per heavy atom. The maximum Gasteiger partial charge on any atom is 0.130 e. The van der Waals surface area contributed by atoms with Gasteiger partial charge in [-0.3, -0.25) is 0 Å². The first-order chi connectivity index (χ1) is 8.99. The van der Waals surface area contributed by atoms with Gasteiger partial charge in [0.1, 0.15) is 11.6 Å². The van der Waals surface area contributed by atoms with Gasteiger partial charge in [0.05, 0.1) is 4.34 Å². The molecule has 1 N–H and O–H groups in total. The van der Waals surface area contributed by atoms with Crippen LogP contribution < -0.4 is 5.32 Å². The first-order valence-electron chi connectivity index (χ1n) is 5.93. The van der Waals surface area contributed by atoms with Gasteiger partial charge in [0.2, 0.25) is 0 Å². The molecule has 1 aromatic carbocycles. The van der Waals surface area contributed by atoms with Gasteiger partial charge in [0, 0.05) is 17.6 Å². The molecule has 1 nitrogen and oxygen atoms in total. The van der Waals surface area contributed by atoms with Gasteiger partial charge in [-0.15, -0.1) is 11.3 Å². The number of rotatable bonds is 4. The van der Waals surface area contributed by atoms with Gasteiger partial charge < -0.3 is 5.32 Å². The quantitative estimate of drug-likeness (QED) is 0.829. The van der Waals surface area contributed by atoms with E-state index in [4.69, 9.17) is 11.6 Å². The normalized spacial score (nSPS) is 14.4. The minimum absolute atomic E-state index is 0.0299. The van der Waals surface area contributed by atoms with Crippen LogP contribution in [0.15, 0.2) is 29.6 Å². The predicted molar refractivity (Wildman–Crippen MR) is 75.7 cm³/mol. The Morgan fingerprint density at radius 3 is 2.32 bits per heavy atom. The molecule has 2 rings (SSSR count). The summed E-state index contributed by atoms with van der Waals surface area (Å²) in [7, 11) is 0. The fraction of sp³-hybridized carbons (Fsp3) is 0.286. The van der Waals surface area contributed by atoms with Crippen LogP contribution in [-0.4, -0.2) is 0 Å². The number of thiophene rings is 1. The van der Waals surface area contributed by atoms with Crippen molar-refractivity contribution in [2.24, 2.45) is 0 Å². The third-order valence-electron chi connectivity index (χ3n) is 3.02. The van der Waals surface area contributed by atoms with Gasteiger partial charge in [-0.2, -0.15) is 0 Å². The summed E-state index contributed by atoms with van der Waals surface area (Å²) >= 11 is 7.32. The predicted octanol–water partition coefficient (Wildman–Crippen LogP) is 5.09. The van der Waals surface area contributed by atoms with Crippen molar-refractivity contribution in [1.29, 1.82) is 0 Å². The fourth-order valence-corrected chi connectivity index (χ4v) is 3.01. The second-order valence-electron chi connectivity index (χ2n) is 4.43. The molecule has 0 aliphatic rings. The van der Waals surface area contributed by atoms with Crippen LogP contribution >= 0.6 is 22.9 Å². The Labute approximate surface area is 120 Å². The lowest BCUT2D eigenvalue weighted by Crippen LogP contribution is -2.23. The van der Waals surface area contributed by atoms with Crippen LogP contribution in [0.2, 0.25) is 4.34 Å². The number of hydrogen-bond acceptors (Lipinski definition) is 2. The first-order valence-corrected chi connectivity index (χ1v) is 7.18. The van der Waals surface area contributed by atoms with Crippen molar-refractivity contribution >= 4 is 22.9 Å². The smallest absolute Gasteiger partial charge is 0.130 e. The Kier molecular flexibility index (Phi) is 4.55. The van der Waals surface area contributed by atoms with Crippen molar-refractivity contribution in [2.75, 3.05) is 0 Å². The van der Waals surface area contributed by atoms with Gasteiger partial charge in [-0.05, 0) is 43.0 Å². The van der Waals surface area contributed by atoms with Crippen LogP contribution in [0, 0.1) is 11.6 Å². The van der Waals surface area contributed by atoms with Gasteiger partial charge in [0.25, 0.3) is 0 Å². The third-order valence-corrected chi connectivity index (χ3v) is 4.13. The summed E-state index contributed by atoms with van der Waals surface area (Å²) in [5, 5.41) is 5.11. The molecule has 0 amide bonds. The molecule has 19 heavy (non-hydrogen) atoms. The average Bonchev–Trinajstić information content (AvgIpc) is 2.75. The molecule has 1 heterocycles. The summed E-state index contributed by atoms with van der Waals surface area (Å²) in [6.45, 7) is 3.68. The molecule has 102 valence electrons. The average molecular weight is 302 g/mol. The fourth-order valence-electron chi connectivity index (χ4n) is 2.03. The number of halogens is 3. The molecule has 0 saturated carbocycles. The summed E-state index contributed by atoms with van der Waals surface area (Å²) in [5.74, 6) is -1.06. The SMILES string of the molecule is CC(NC(C)c1c(F)cccc1F)c1csc(Cl)c1.